The van der Waals surface area contributed by atoms with E-state index >= 15 is 0 Å². The number of hydrogen-bond acceptors (Lipinski definition) is 4. The second kappa shape index (κ2) is 5.85. The Balaban J connectivity index is 1.61. The number of carbonyl (C=O) groups is 1. The number of benzene rings is 1. The summed E-state index contributed by atoms with van der Waals surface area (Å²) in [5.41, 5.74) is 3.40. The van der Waals surface area contributed by atoms with Gasteiger partial charge in [0.05, 0.1) is 5.69 Å². The van der Waals surface area contributed by atoms with E-state index in [2.05, 4.69) is 35.4 Å². The Labute approximate surface area is 127 Å². The lowest BCUT2D eigenvalue weighted by molar-refractivity contribution is -0.138. The van der Waals surface area contributed by atoms with Gasteiger partial charge in [-0.2, -0.15) is 0 Å². The molecule has 2 N–H and O–H groups in total. The number of fused-ring (bicyclic) bond motifs is 1. The predicted octanol–water partition coefficient (Wildman–Crippen LogP) is 3.22. The quantitative estimate of drug-likeness (QED) is 0.890. The van der Waals surface area contributed by atoms with Crippen LogP contribution < -0.4 is 5.32 Å². The van der Waals surface area contributed by atoms with Crippen molar-refractivity contribution in [1.29, 1.82) is 0 Å². The van der Waals surface area contributed by atoms with E-state index in [0.29, 0.717) is 6.42 Å². The van der Waals surface area contributed by atoms with Crippen molar-refractivity contribution in [3.63, 3.8) is 0 Å². The summed E-state index contributed by atoms with van der Waals surface area (Å²) in [4.78, 5) is 16.8. The zero-order valence-electron chi connectivity index (χ0n) is 11.9. The molecule has 3 rings (SSSR count). The van der Waals surface area contributed by atoms with Gasteiger partial charge in [0.25, 0.3) is 0 Å². The van der Waals surface area contributed by atoms with Crippen LogP contribution in [-0.2, 0) is 17.6 Å². The van der Waals surface area contributed by atoms with Gasteiger partial charge in [0.15, 0.2) is 5.13 Å². The number of carboxylic acid groups (broad SMARTS) is 1. The molecule has 0 saturated carbocycles. The summed E-state index contributed by atoms with van der Waals surface area (Å²) in [6, 6.07) is 8.35. The molecule has 21 heavy (non-hydrogen) atoms. The van der Waals surface area contributed by atoms with Crippen molar-refractivity contribution >= 4 is 22.4 Å². The maximum atomic E-state index is 11.2. The third-order valence-electron chi connectivity index (χ3n) is 3.95. The molecule has 2 aromatic rings. The Morgan fingerprint density at radius 1 is 1.48 bits per heavy atom. The van der Waals surface area contributed by atoms with Crippen molar-refractivity contribution in [3.8, 4) is 0 Å². The Kier molecular flexibility index (Phi) is 3.92. The minimum atomic E-state index is -0.759. The summed E-state index contributed by atoms with van der Waals surface area (Å²) < 4.78 is 0. The number of aromatic nitrogens is 1. The van der Waals surface area contributed by atoms with E-state index in [0.717, 1.165) is 35.1 Å². The molecule has 0 fully saturated rings. The maximum Gasteiger partial charge on any atom is 0.312 e. The van der Waals surface area contributed by atoms with Crippen LogP contribution in [0.15, 0.2) is 24.3 Å². The zero-order chi connectivity index (χ0) is 14.8. The van der Waals surface area contributed by atoms with Gasteiger partial charge in [0.1, 0.15) is 5.92 Å². The van der Waals surface area contributed by atoms with Crippen LogP contribution in [0.3, 0.4) is 0 Å². The van der Waals surface area contributed by atoms with Crippen molar-refractivity contribution in [3.05, 3.63) is 46.0 Å². The molecule has 0 radical (unpaired) electrons. The van der Waals surface area contributed by atoms with Gasteiger partial charge >= 0.3 is 5.97 Å². The first-order chi connectivity index (χ1) is 10.1. The molecule has 1 atom stereocenters. The monoisotopic (exact) mass is 302 g/mol. The smallest absolute Gasteiger partial charge is 0.312 e. The average Bonchev–Trinajstić information content (AvgIpc) is 3.00. The molecule has 1 heterocycles. The normalized spacial score (nSPS) is 16.7. The van der Waals surface area contributed by atoms with Crippen LogP contribution in [-0.4, -0.2) is 22.6 Å². The molecule has 1 aliphatic rings. The molecule has 0 aliphatic heterocycles. The summed E-state index contributed by atoms with van der Waals surface area (Å²) in [7, 11) is 0. The molecule has 110 valence electrons. The van der Waals surface area contributed by atoms with Gasteiger partial charge < -0.3 is 10.4 Å². The number of thiazole rings is 1. The van der Waals surface area contributed by atoms with E-state index < -0.39 is 11.9 Å². The standard InChI is InChI=1S/C16H18N2O2S/c1-10-4-2-3-5-11(10)8-9-17-16-18-14-12(15(19)20)6-7-13(14)21-16/h2-5,12H,6-9H2,1H3,(H,17,18)(H,19,20). The Bertz CT molecular complexity index is 666. The lowest BCUT2D eigenvalue weighted by atomic mass is 10.1. The molecule has 0 bridgehead atoms. The first-order valence-corrected chi connectivity index (χ1v) is 7.97. The Morgan fingerprint density at radius 2 is 2.29 bits per heavy atom. The van der Waals surface area contributed by atoms with Gasteiger partial charge in [-0.05, 0) is 37.3 Å². The molecule has 0 saturated heterocycles. The first kappa shape index (κ1) is 14.1. The number of aliphatic carboxylic acids is 1. The SMILES string of the molecule is Cc1ccccc1CCNc1nc2c(s1)CCC2C(=O)O. The van der Waals surface area contributed by atoms with E-state index in [1.807, 2.05) is 6.07 Å². The van der Waals surface area contributed by atoms with Crippen molar-refractivity contribution < 1.29 is 9.90 Å². The largest absolute Gasteiger partial charge is 0.481 e. The molecule has 0 spiro atoms. The summed E-state index contributed by atoms with van der Waals surface area (Å²) in [5, 5.41) is 13.3. The van der Waals surface area contributed by atoms with Gasteiger partial charge in [0.2, 0.25) is 0 Å². The van der Waals surface area contributed by atoms with Crippen LogP contribution in [0, 0.1) is 6.92 Å². The molecule has 5 heteroatoms. The molecule has 1 aromatic heterocycles. The number of aryl methyl sites for hydroxylation is 2. The van der Waals surface area contributed by atoms with Crippen LogP contribution in [0.4, 0.5) is 5.13 Å². The summed E-state index contributed by atoms with van der Waals surface area (Å²) in [5.74, 6) is -1.17. The van der Waals surface area contributed by atoms with E-state index in [4.69, 9.17) is 5.11 Å². The molecular formula is C16H18N2O2S. The highest BCUT2D eigenvalue weighted by atomic mass is 32.1. The second-order valence-electron chi connectivity index (χ2n) is 5.36. The van der Waals surface area contributed by atoms with Gasteiger partial charge in [0, 0.05) is 11.4 Å². The van der Waals surface area contributed by atoms with Crippen molar-refractivity contribution in [2.24, 2.45) is 0 Å². The molecule has 0 amide bonds. The first-order valence-electron chi connectivity index (χ1n) is 7.16. The fourth-order valence-electron chi connectivity index (χ4n) is 2.74. The summed E-state index contributed by atoms with van der Waals surface area (Å²) in [6.07, 6.45) is 2.47. The van der Waals surface area contributed by atoms with Gasteiger partial charge in [-0.15, -0.1) is 11.3 Å². The van der Waals surface area contributed by atoms with E-state index in [1.165, 1.54) is 11.1 Å². The topological polar surface area (TPSA) is 62.2 Å². The minimum Gasteiger partial charge on any atom is -0.481 e. The van der Waals surface area contributed by atoms with Crippen LogP contribution >= 0.6 is 11.3 Å². The number of nitrogens with zero attached hydrogens (tertiary/aromatic N) is 1. The van der Waals surface area contributed by atoms with Gasteiger partial charge in [-0.3, -0.25) is 4.79 Å². The van der Waals surface area contributed by atoms with Gasteiger partial charge in [-0.1, -0.05) is 24.3 Å². The molecule has 1 unspecified atom stereocenters. The number of anilines is 1. The highest BCUT2D eigenvalue weighted by Crippen LogP contribution is 2.38. The van der Waals surface area contributed by atoms with Crippen LogP contribution in [0.5, 0.6) is 0 Å². The number of rotatable bonds is 5. The van der Waals surface area contributed by atoms with E-state index in [-0.39, 0.29) is 0 Å². The van der Waals surface area contributed by atoms with E-state index in [1.54, 1.807) is 11.3 Å². The van der Waals surface area contributed by atoms with Crippen molar-refractivity contribution in [2.45, 2.75) is 32.1 Å². The fraction of sp³-hybridized carbons (Fsp3) is 0.375. The second-order valence-corrected chi connectivity index (χ2v) is 6.44. The lowest BCUT2D eigenvalue weighted by Gasteiger charge is -2.06. The fourth-order valence-corrected chi connectivity index (χ4v) is 3.80. The van der Waals surface area contributed by atoms with Crippen molar-refractivity contribution in [2.75, 3.05) is 11.9 Å². The van der Waals surface area contributed by atoms with Crippen LogP contribution in [0.2, 0.25) is 0 Å². The predicted molar refractivity (Wildman–Crippen MR) is 84.2 cm³/mol. The third kappa shape index (κ3) is 2.93. The number of carboxylic acids is 1. The number of nitrogens with one attached hydrogen (secondary N) is 1. The zero-order valence-corrected chi connectivity index (χ0v) is 12.7. The molecule has 1 aromatic carbocycles. The molecule has 4 nitrogen and oxygen atoms in total. The van der Waals surface area contributed by atoms with Crippen LogP contribution in [0.1, 0.15) is 34.0 Å². The van der Waals surface area contributed by atoms with Crippen molar-refractivity contribution in [1.82, 2.24) is 4.98 Å². The average molecular weight is 302 g/mol. The maximum absolute atomic E-state index is 11.2. The summed E-state index contributed by atoms with van der Waals surface area (Å²) in [6.45, 7) is 2.93. The van der Waals surface area contributed by atoms with E-state index in [9.17, 15) is 4.79 Å². The number of hydrogen-bond donors (Lipinski definition) is 2. The third-order valence-corrected chi connectivity index (χ3v) is 5.04. The Morgan fingerprint density at radius 3 is 3.05 bits per heavy atom. The Hall–Kier alpha value is -1.88. The summed E-state index contributed by atoms with van der Waals surface area (Å²) >= 11 is 1.60. The molecular weight excluding hydrogens is 284 g/mol. The highest BCUT2D eigenvalue weighted by molar-refractivity contribution is 7.15. The highest BCUT2D eigenvalue weighted by Gasteiger charge is 2.32. The lowest BCUT2D eigenvalue weighted by Crippen LogP contribution is -2.09. The van der Waals surface area contributed by atoms with Gasteiger partial charge in [-0.25, -0.2) is 4.98 Å². The minimum absolute atomic E-state index is 0.414. The van der Waals surface area contributed by atoms with Crippen LogP contribution in [0.25, 0.3) is 0 Å². The molecule has 1 aliphatic carbocycles.